The van der Waals surface area contributed by atoms with Gasteiger partial charge in [0.25, 0.3) is 11.2 Å². The lowest BCUT2D eigenvalue weighted by Crippen LogP contribution is -2.26. The zero-order chi connectivity index (χ0) is 32.0. The van der Waals surface area contributed by atoms with E-state index in [2.05, 4.69) is 4.85 Å². The Bertz CT molecular complexity index is 2000. The molecule has 0 spiro atoms. The smallest absolute Gasteiger partial charge is 0.418 e. The number of hydrogen-bond donors (Lipinski definition) is 0. The van der Waals surface area contributed by atoms with Gasteiger partial charge in [0.1, 0.15) is 5.60 Å². The number of halogens is 3. The van der Waals surface area contributed by atoms with Crippen LogP contribution in [-0.4, -0.2) is 20.8 Å². The Labute approximate surface area is 252 Å². The van der Waals surface area contributed by atoms with Crippen molar-refractivity contribution >= 4 is 22.7 Å². The van der Waals surface area contributed by atoms with Gasteiger partial charge in [0.2, 0.25) is 0 Å². The fraction of sp³-hybridized carbons (Fsp3) is 0.229. The predicted molar refractivity (Wildman–Crippen MR) is 165 cm³/mol. The van der Waals surface area contributed by atoms with Gasteiger partial charge in [-0.15, -0.1) is 0 Å². The lowest BCUT2D eigenvalue weighted by Gasteiger charge is -2.20. The van der Waals surface area contributed by atoms with Gasteiger partial charge in [-0.2, -0.15) is 13.2 Å². The number of fused-ring (bicyclic) bond motifs is 1. The number of nitrogens with zero attached hydrogens (tertiary/aromatic N) is 3. The summed E-state index contributed by atoms with van der Waals surface area (Å²) in [4.78, 5) is 29.2. The van der Waals surface area contributed by atoms with E-state index in [1.807, 2.05) is 56.3 Å². The van der Waals surface area contributed by atoms with Crippen LogP contribution >= 0.6 is 0 Å². The Morgan fingerprint density at radius 3 is 2.16 bits per heavy atom. The number of ether oxygens (including phenoxy) is 1. The molecule has 44 heavy (non-hydrogen) atoms. The molecule has 9 heteroatoms. The molecule has 0 aliphatic rings. The van der Waals surface area contributed by atoms with Crippen LogP contribution in [0.1, 0.15) is 43.0 Å². The van der Waals surface area contributed by atoms with Crippen LogP contribution in [0, 0.1) is 20.4 Å². The second-order valence-corrected chi connectivity index (χ2v) is 11.7. The SMILES string of the molecule is [C-]#[N+]c1c(C(F)(F)F)cc(-c2ccc(-c3ccc4ccn(C(=O)OC(C)(C)C)c4c3)cc2)n(Cc2ccc(C)cc2C)c1=O. The zero-order valence-corrected chi connectivity index (χ0v) is 24.9. The molecule has 2 aromatic heterocycles. The standard InChI is InChI=1S/C35H30F3N3O3/c1-21-7-8-27(22(2)17-21)20-41-30(19-28(35(36,37)38)31(39-6)32(41)42)24-11-9-23(10-12-24)26-14-13-25-15-16-40(29(25)18-26)33(43)44-34(3,4)5/h7-19H,20H2,1-5H3. The van der Waals surface area contributed by atoms with Crippen molar-refractivity contribution in [1.82, 2.24) is 9.13 Å². The van der Waals surface area contributed by atoms with Gasteiger partial charge >= 0.3 is 12.3 Å². The zero-order valence-electron chi connectivity index (χ0n) is 24.9. The molecule has 0 radical (unpaired) electrons. The average molecular weight is 598 g/mol. The Hall–Kier alpha value is -5.10. The molecule has 0 atom stereocenters. The van der Waals surface area contributed by atoms with Crippen LogP contribution < -0.4 is 5.56 Å². The summed E-state index contributed by atoms with van der Waals surface area (Å²) in [6.45, 7) is 16.5. The van der Waals surface area contributed by atoms with Gasteiger partial charge < -0.3 is 9.30 Å². The molecule has 5 aromatic rings. The van der Waals surface area contributed by atoms with Crippen LogP contribution in [0.5, 0.6) is 0 Å². The van der Waals surface area contributed by atoms with E-state index in [9.17, 15) is 22.8 Å². The number of alkyl halides is 3. The normalized spacial score (nSPS) is 11.9. The maximum absolute atomic E-state index is 14.0. The fourth-order valence-electron chi connectivity index (χ4n) is 5.16. The first-order valence-electron chi connectivity index (χ1n) is 13.9. The lowest BCUT2D eigenvalue weighted by molar-refractivity contribution is -0.136. The van der Waals surface area contributed by atoms with Crippen LogP contribution in [0.2, 0.25) is 0 Å². The molecule has 6 nitrogen and oxygen atoms in total. The third-order valence-corrected chi connectivity index (χ3v) is 7.32. The second kappa shape index (κ2) is 11.2. The molecule has 0 amide bonds. The van der Waals surface area contributed by atoms with E-state index in [4.69, 9.17) is 11.3 Å². The Kier molecular flexibility index (Phi) is 7.72. The summed E-state index contributed by atoms with van der Waals surface area (Å²) in [5.41, 5.74) is 1.39. The third-order valence-electron chi connectivity index (χ3n) is 7.32. The minimum atomic E-state index is -4.88. The lowest BCUT2D eigenvalue weighted by atomic mass is 10.00. The Morgan fingerprint density at radius 1 is 0.886 bits per heavy atom. The molecule has 0 fully saturated rings. The first-order chi connectivity index (χ1) is 20.7. The molecule has 0 N–H and O–H groups in total. The molecule has 0 aliphatic carbocycles. The highest BCUT2D eigenvalue weighted by Crippen LogP contribution is 2.38. The van der Waals surface area contributed by atoms with Crippen LogP contribution in [0.25, 0.3) is 38.1 Å². The van der Waals surface area contributed by atoms with Crippen LogP contribution in [0.3, 0.4) is 0 Å². The summed E-state index contributed by atoms with van der Waals surface area (Å²) in [6.07, 6.45) is -3.75. The Morgan fingerprint density at radius 2 is 1.55 bits per heavy atom. The molecular weight excluding hydrogens is 567 g/mol. The number of carbonyl (C=O) groups is 1. The topological polar surface area (TPSA) is 57.6 Å². The highest BCUT2D eigenvalue weighted by Gasteiger charge is 2.36. The molecule has 224 valence electrons. The van der Waals surface area contributed by atoms with E-state index in [-0.39, 0.29) is 12.2 Å². The number of pyridine rings is 1. The summed E-state index contributed by atoms with van der Waals surface area (Å²) >= 11 is 0. The summed E-state index contributed by atoms with van der Waals surface area (Å²) in [5, 5.41) is 0.839. The number of benzene rings is 3. The summed E-state index contributed by atoms with van der Waals surface area (Å²) in [7, 11) is 0. The third kappa shape index (κ3) is 6.02. The number of rotatable bonds is 4. The van der Waals surface area contributed by atoms with Gasteiger partial charge in [-0.1, -0.05) is 60.2 Å². The molecule has 0 saturated carbocycles. The molecule has 5 rings (SSSR count). The highest BCUT2D eigenvalue weighted by atomic mass is 19.4. The highest BCUT2D eigenvalue weighted by molar-refractivity contribution is 5.92. The van der Waals surface area contributed by atoms with Gasteiger partial charge in [-0.3, -0.25) is 9.36 Å². The molecule has 0 saturated heterocycles. The first kappa shape index (κ1) is 30.4. The van der Waals surface area contributed by atoms with Crippen molar-refractivity contribution in [1.29, 1.82) is 0 Å². The van der Waals surface area contributed by atoms with Gasteiger partial charge in [-0.25, -0.2) is 9.64 Å². The molecule has 3 aromatic carbocycles. The van der Waals surface area contributed by atoms with Crippen molar-refractivity contribution in [3.8, 4) is 22.4 Å². The van der Waals surface area contributed by atoms with Crippen molar-refractivity contribution in [2.45, 2.75) is 52.9 Å². The summed E-state index contributed by atoms with van der Waals surface area (Å²) in [5.74, 6) is 0. The quantitative estimate of drug-likeness (QED) is 0.194. The number of hydrogen-bond acceptors (Lipinski definition) is 3. The average Bonchev–Trinajstić information content (AvgIpc) is 3.37. The summed E-state index contributed by atoms with van der Waals surface area (Å²) < 4.78 is 50.2. The number of aryl methyl sites for hydroxylation is 2. The minimum Gasteiger partial charge on any atom is -0.443 e. The largest absolute Gasteiger partial charge is 0.443 e. The minimum absolute atomic E-state index is 0.00100. The Balaban J connectivity index is 1.60. The molecular formula is C35H30F3N3O3. The second-order valence-electron chi connectivity index (χ2n) is 11.7. The van der Waals surface area contributed by atoms with E-state index >= 15 is 0 Å². The molecule has 0 unspecified atom stereocenters. The van der Waals surface area contributed by atoms with Crippen LogP contribution in [0.15, 0.2) is 83.8 Å². The van der Waals surface area contributed by atoms with Gasteiger partial charge in [-0.05, 0) is 80.6 Å². The van der Waals surface area contributed by atoms with E-state index in [1.54, 1.807) is 51.2 Å². The van der Waals surface area contributed by atoms with Crippen molar-refractivity contribution in [2.75, 3.05) is 0 Å². The monoisotopic (exact) mass is 597 g/mol. The van der Waals surface area contributed by atoms with Crippen molar-refractivity contribution in [2.24, 2.45) is 0 Å². The predicted octanol–water partition coefficient (Wildman–Crippen LogP) is 9.15. The van der Waals surface area contributed by atoms with Gasteiger partial charge in [0.05, 0.1) is 24.2 Å². The van der Waals surface area contributed by atoms with Gasteiger partial charge in [0, 0.05) is 17.3 Å². The molecule has 0 bridgehead atoms. The van der Waals surface area contributed by atoms with Crippen molar-refractivity contribution in [3.63, 3.8) is 0 Å². The van der Waals surface area contributed by atoms with Crippen LogP contribution in [-0.2, 0) is 17.5 Å². The number of aromatic nitrogens is 2. The molecule has 2 heterocycles. The number of carbonyl (C=O) groups excluding carboxylic acids is 1. The van der Waals surface area contributed by atoms with E-state index in [0.717, 1.165) is 39.3 Å². The van der Waals surface area contributed by atoms with E-state index < -0.39 is 34.7 Å². The van der Waals surface area contributed by atoms with E-state index in [0.29, 0.717) is 11.1 Å². The van der Waals surface area contributed by atoms with Crippen molar-refractivity contribution in [3.05, 3.63) is 123 Å². The van der Waals surface area contributed by atoms with Gasteiger partial charge in [0.15, 0.2) is 0 Å². The maximum Gasteiger partial charge on any atom is 0.418 e. The van der Waals surface area contributed by atoms with E-state index in [1.165, 1.54) is 9.13 Å². The fourth-order valence-corrected chi connectivity index (χ4v) is 5.16. The molecule has 0 aliphatic heterocycles. The maximum atomic E-state index is 14.0. The van der Waals surface area contributed by atoms with Crippen LogP contribution in [0.4, 0.5) is 23.7 Å². The first-order valence-corrected chi connectivity index (χ1v) is 13.9. The summed E-state index contributed by atoms with van der Waals surface area (Å²) in [6, 6.07) is 20.7. The van der Waals surface area contributed by atoms with Crippen molar-refractivity contribution < 1.29 is 22.7 Å².